The average Bonchev–Trinajstić information content (AvgIpc) is 2.62. The molecule has 1 aliphatic rings. The summed E-state index contributed by atoms with van der Waals surface area (Å²) < 4.78 is 14.3. The number of hydrogen-bond donors (Lipinski definition) is 1. The second-order valence-electron chi connectivity index (χ2n) is 6.15. The lowest BCUT2D eigenvalue weighted by Crippen LogP contribution is -2.33. The highest BCUT2D eigenvalue weighted by Crippen LogP contribution is 2.15. The zero-order chi connectivity index (χ0) is 17.6. The summed E-state index contributed by atoms with van der Waals surface area (Å²) >= 11 is 3.40. The number of hydrogen-bond acceptors (Lipinski definition) is 2. The molecule has 2 aromatic carbocycles. The first kappa shape index (κ1) is 17.8. The lowest BCUT2D eigenvalue weighted by atomic mass is 10.1. The van der Waals surface area contributed by atoms with Gasteiger partial charge in [-0.3, -0.25) is 9.69 Å². The molecule has 0 unspecified atom stereocenters. The molecule has 0 aromatic heterocycles. The van der Waals surface area contributed by atoms with Crippen molar-refractivity contribution < 1.29 is 9.18 Å². The lowest BCUT2D eigenvalue weighted by molar-refractivity contribution is -0.117. The molecule has 5 heteroatoms. The van der Waals surface area contributed by atoms with Crippen LogP contribution in [0, 0.1) is 5.82 Å². The minimum absolute atomic E-state index is 0.00618. The molecule has 0 radical (unpaired) electrons. The maximum absolute atomic E-state index is 13.3. The van der Waals surface area contributed by atoms with Gasteiger partial charge in [0.2, 0.25) is 5.91 Å². The highest BCUT2D eigenvalue weighted by molar-refractivity contribution is 9.10. The fourth-order valence-electron chi connectivity index (χ4n) is 2.85. The Kier molecular flexibility index (Phi) is 6.00. The topological polar surface area (TPSA) is 32.3 Å². The van der Waals surface area contributed by atoms with Crippen molar-refractivity contribution in [1.29, 1.82) is 0 Å². The van der Waals surface area contributed by atoms with Crippen LogP contribution in [-0.4, -0.2) is 23.9 Å². The molecule has 130 valence electrons. The van der Waals surface area contributed by atoms with Crippen molar-refractivity contribution in [3.05, 3.63) is 81.6 Å². The molecule has 3 rings (SSSR count). The lowest BCUT2D eigenvalue weighted by Gasteiger charge is -2.26. The van der Waals surface area contributed by atoms with Crippen molar-refractivity contribution in [1.82, 2.24) is 10.2 Å². The van der Waals surface area contributed by atoms with Gasteiger partial charge in [-0.25, -0.2) is 4.39 Å². The van der Waals surface area contributed by atoms with Crippen molar-refractivity contribution in [2.24, 2.45) is 0 Å². The van der Waals surface area contributed by atoms with Crippen molar-refractivity contribution in [3.63, 3.8) is 0 Å². The number of nitrogens with zero attached hydrogens (tertiary/aromatic N) is 1. The monoisotopic (exact) mass is 402 g/mol. The molecule has 0 fully saturated rings. The highest BCUT2D eigenvalue weighted by Gasteiger charge is 2.17. The SMILES string of the molecule is O=C(NCc1ccc(Br)cc1)C1=CCN(Cc2cccc(F)c2)CC1. The van der Waals surface area contributed by atoms with Gasteiger partial charge < -0.3 is 5.32 Å². The Morgan fingerprint density at radius 3 is 2.64 bits per heavy atom. The van der Waals surface area contributed by atoms with E-state index in [1.54, 1.807) is 12.1 Å². The quantitative estimate of drug-likeness (QED) is 0.818. The maximum atomic E-state index is 13.3. The molecule has 25 heavy (non-hydrogen) atoms. The number of amides is 1. The minimum Gasteiger partial charge on any atom is -0.348 e. The fraction of sp³-hybridized carbons (Fsp3) is 0.250. The Morgan fingerprint density at radius 1 is 1.16 bits per heavy atom. The first-order valence-corrected chi connectivity index (χ1v) is 9.08. The van der Waals surface area contributed by atoms with E-state index in [4.69, 9.17) is 0 Å². The summed E-state index contributed by atoms with van der Waals surface area (Å²) in [4.78, 5) is 14.5. The van der Waals surface area contributed by atoms with Crippen LogP contribution in [0.1, 0.15) is 17.5 Å². The molecule has 2 aromatic rings. The predicted molar refractivity (Wildman–Crippen MR) is 100 cm³/mol. The first-order chi connectivity index (χ1) is 12.1. The van der Waals surface area contributed by atoms with Gasteiger partial charge in [0.15, 0.2) is 0 Å². The third-order valence-corrected chi connectivity index (χ3v) is 4.78. The Balaban J connectivity index is 1.50. The largest absolute Gasteiger partial charge is 0.348 e. The first-order valence-electron chi connectivity index (χ1n) is 8.28. The van der Waals surface area contributed by atoms with Crippen LogP contribution in [0.15, 0.2) is 64.7 Å². The Bertz CT molecular complexity index is 774. The van der Waals surface area contributed by atoms with Crippen LogP contribution < -0.4 is 5.32 Å². The van der Waals surface area contributed by atoms with E-state index in [0.717, 1.165) is 27.7 Å². The zero-order valence-corrected chi connectivity index (χ0v) is 15.4. The van der Waals surface area contributed by atoms with E-state index in [9.17, 15) is 9.18 Å². The van der Waals surface area contributed by atoms with Crippen molar-refractivity contribution in [2.75, 3.05) is 13.1 Å². The van der Waals surface area contributed by atoms with Crippen LogP contribution in [0.4, 0.5) is 4.39 Å². The molecule has 0 spiro atoms. The van der Waals surface area contributed by atoms with Crippen molar-refractivity contribution >= 4 is 21.8 Å². The van der Waals surface area contributed by atoms with E-state index in [2.05, 4.69) is 26.1 Å². The Labute approximate surface area is 155 Å². The molecule has 1 aliphatic heterocycles. The molecule has 0 atom stereocenters. The second-order valence-corrected chi connectivity index (χ2v) is 7.07. The van der Waals surface area contributed by atoms with Gasteiger partial charge in [-0.2, -0.15) is 0 Å². The fourth-order valence-corrected chi connectivity index (χ4v) is 3.12. The van der Waals surface area contributed by atoms with Crippen LogP contribution in [-0.2, 0) is 17.9 Å². The second kappa shape index (κ2) is 8.41. The summed E-state index contributed by atoms with van der Waals surface area (Å²) in [6, 6.07) is 14.6. The predicted octanol–water partition coefficient (Wildman–Crippen LogP) is 4.04. The number of rotatable bonds is 5. The van der Waals surface area contributed by atoms with E-state index in [1.165, 1.54) is 6.07 Å². The van der Waals surface area contributed by atoms with Crippen LogP contribution in [0.3, 0.4) is 0 Å². The molecule has 0 saturated carbocycles. The number of benzene rings is 2. The van der Waals surface area contributed by atoms with Gasteiger partial charge in [-0.05, 0) is 41.8 Å². The van der Waals surface area contributed by atoms with Gasteiger partial charge in [-0.1, -0.05) is 46.3 Å². The summed E-state index contributed by atoms with van der Waals surface area (Å²) in [5.74, 6) is -0.216. The summed E-state index contributed by atoms with van der Waals surface area (Å²) in [6.45, 7) is 2.73. The van der Waals surface area contributed by atoms with Gasteiger partial charge in [-0.15, -0.1) is 0 Å². The number of carbonyl (C=O) groups is 1. The summed E-state index contributed by atoms with van der Waals surface area (Å²) in [6.07, 6.45) is 2.68. The summed E-state index contributed by atoms with van der Waals surface area (Å²) in [7, 11) is 0. The number of nitrogens with one attached hydrogen (secondary N) is 1. The minimum atomic E-state index is -0.210. The van der Waals surface area contributed by atoms with Gasteiger partial charge >= 0.3 is 0 Å². The summed E-state index contributed by atoms with van der Waals surface area (Å²) in [5.41, 5.74) is 2.85. The van der Waals surface area contributed by atoms with Crippen molar-refractivity contribution in [3.8, 4) is 0 Å². The van der Waals surface area contributed by atoms with E-state index in [0.29, 0.717) is 26.1 Å². The third kappa shape index (κ3) is 5.25. The smallest absolute Gasteiger partial charge is 0.247 e. The van der Waals surface area contributed by atoms with Crippen LogP contribution in [0.2, 0.25) is 0 Å². The zero-order valence-electron chi connectivity index (χ0n) is 13.8. The normalized spacial score (nSPS) is 14.9. The van der Waals surface area contributed by atoms with Gasteiger partial charge in [0.25, 0.3) is 0 Å². The van der Waals surface area contributed by atoms with Crippen LogP contribution >= 0.6 is 15.9 Å². The molecule has 1 amide bonds. The van der Waals surface area contributed by atoms with Crippen LogP contribution in [0.25, 0.3) is 0 Å². The standard InChI is InChI=1S/C20H20BrFN2O/c21-18-6-4-15(5-7-18)13-23-20(25)17-8-10-24(11-9-17)14-16-2-1-3-19(22)12-16/h1-8,12H,9-11,13-14H2,(H,23,25). The van der Waals surface area contributed by atoms with Gasteiger partial charge in [0.05, 0.1) is 0 Å². The molecule has 0 bridgehead atoms. The molecular formula is C20H20BrFN2O. The van der Waals surface area contributed by atoms with Crippen LogP contribution in [0.5, 0.6) is 0 Å². The third-order valence-electron chi connectivity index (χ3n) is 4.25. The number of carbonyl (C=O) groups excluding carboxylic acids is 1. The summed E-state index contributed by atoms with van der Waals surface area (Å²) in [5, 5.41) is 2.97. The van der Waals surface area contributed by atoms with E-state index < -0.39 is 0 Å². The maximum Gasteiger partial charge on any atom is 0.247 e. The Hall–Kier alpha value is -1.98. The molecule has 1 N–H and O–H groups in total. The van der Waals surface area contributed by atoms with Gasteiger partial charge in [0.1, 0.15) is 5.82 Å². The number of halogens is 2. The molecule has 1 heterocycles. The highest BCUT2D eigenvalue weighted by atomic mass is 79.9. The van der Waals surface area contributed by atoms with E-state index >= 15 is 0 Å². The molecule has 0 aliphatic carbocycles. The molecule has 3 nitrogen and oxygen atoms in total. The molecule has 0 saturated heterocycles. The van der Waals surface area contributed by atoms with Gasteiger partial charge in [0, 0.05) is 36.2 Å². The van der Waals surface area contributed by atoms with E-state index in [1.807, 2.05) is 36.4 Å². The Morgan fingerprint density at radius 2 is 1.96 bits per heavy atom. The van der Waals surface area contributed by atoms with E-state index in [-0.39, 0.29) is 11.7 Å². The van der Waals surface area contributed by atoms with Crippen molar-refractivity contribution in [2.45, 2.75) is 19.5 Å². The average molecular weight is 403 g/mol. The molecular weight excluding hydrogens is 383 g/mol.